The highest BCUT2D eigenvalue weighted by Gasteiger charge is 2.03. The van der Waals surface area contributed by atoms with E-state index in [0.717, 1.165) is 30.8 Å². The van der Waals surface area contributed by atoms with Gasteiger partial charge in [-0.05, 0) is 30.2 Å². The van der Waals surface area contributed by atoms with Gasteiger partial charge < -0.3 is 5.32 Å². The number of aromatic nitrogens is 2. The number of aryl methyl sites for hydroxylation is 1. The van der Waals surface area contributed by atoms with Gasteiger partial charge in [0.2, 0.25) is 0 Å². The summed E-state index contributed by atoms with van der Waals surface area (Å²) in [5.41, 5.74) is 2.11. The van der Waals surface area contributed by atoms with Crippen LogP contribution in [0.1, 0.15) is 24.6 Å². The molecular weight excluding hydrogens is 265 g/mol. The van der Waals surface area contributed by atoms with E-state index in [1.165, 1.54) is 6.07 Å². The second-order valence-corrected chi connectivity index (χ2v) is 4.80. The number of rotatable bonds is 6. The highest BCUT2D eigenvalue weighted by Crippen LogP contribution is 2.15. The standard InChI is InChI=1S/C14H17ClFN3/c1-2-7-19-12(5-6-18-19)10-17-9-11-3-4-14(16)13(15)8-11/h3-6,8,17H,2,7,9-10H2,1H3. The van der Waals surface area contributed by atoms with Crippen LogP contribution in [0.3, 0.4) is 0 Å². The molecular formula is C14H17ClFN3. The van der Waals surface area contributed by atoms with Crippen molar-refractivity contribution in [3.63, 3.8) is 0 Å². The summed E-state index contributed by atoms with van der Waals surface area (Å²) < 4.78 is 15.0. The Balaban J connectivity index is 1.89. The molecule has 0 aliphatic rings. The maximum Gasteiger partial charge on any atom is 0.141 e. The molecule has 2 aromatic rings. The summed E-state index contributed by atoms with van der Waals surface area (Å²) in [5.74, 6) is -0.383. The van der Waals surface area contributed by atoms with Crippen molar-refractivity contribution in [1.29, 1.82) is 0 Å². The van der Waals surface area contributed by atoms with E-state index in [4.69, 9.17) is 11.6 Å². The molecule has 19 heavy (non-hydrogen) atoms. The third-order valence-electron chi connectivity index (χ3n) is 2.86. The smallest absolute Gasteiger partial charge is 0.141 e. The van der Waals surface area contributed by atoms with Crippen LogP contribution in [0.4, 0.5) is 4.39 Å². The van der Waals surface area contributed by atoms with Gasteiger partial charge in [0, 0.05) is 25.8 Å². The molecule has 0 fully saturated rings. The third-order valence-corrected chi connectivity index (χ3v) is 3.15. The molecule has 1 N–H and O–H groups in total. The third kappa shape index (κ3) is 3.78. The lowest BCUT2D eigenvalue weighted by Gasteiger charge is -2.08. The Morgan fingerprint density at radius 1 is 1.32 bits per heavy atom. The van der Waals surface area contributed by atoms with Crippen LogP contribution in [0.2, 0.25) is 5.02 Å². The Morgan fingerprint density at radius 2 is 2.16 bits per heavy atom. The fourth-order valence-electron chi connectivity index (χ4n) is 1.91. The van der Waals surface area contributed by atoms with Crippen LogP contribution in [-0.4, -0.2) is 9.78 Å². The van der Waals surface area contributed by atoms with Crippen LogP contribution >= 0.6 is 11.6 Å². The molecule has 3 nitrogen and oxygen atoms in total. The van der Waals surface area contributed by atoms with E-state index < -0.39 is 0 Å². The first-order valence-electron chi connectivity index (χ1n) is 6.36. The van der Waals surface area contributed by atoms with Gasteiger partial charge in [0.15, 0.2) is 0 Å². The summed E-state index contributed by atoms with van der Waals surface area (Å²) in [6.07, 6.45) is 2.86. The van der Waals surface area contributed by atoms with Gasteiger partial charge in [0.1, 0.15) is 5.82 Å². The molecule has 1 aromatic carbocycles. The van der Waals surface area contributed by atoms with E-state index in [0.29, 0.717) is 6.54 Å². The number of nitrogens with one attached hydrogen (secondary N) is 1. The van der Waals surface area contributed by atoms with Crippen molar-refractivity contribution in [3.8, 4) is 0 Å². The van der Waals surface area contributed by atoms with Crippen LogP contribution < -0.4 is 5.32 Å². The zero-order chi connectivity index (χ0) is 13.7. The van der Waals surface area contributed by atoms with Crippen molar-refractivity contribution in [2.45, 2.75) is 33.0 Å². The first kappa shape index (κ1) is 14.0. The lowest BCUT2D eigenvalue weighted by Crippen LogP contribution is -2.16. The fourth-order valence-corrected chi connectivity index (χ4v) is 2.11. The first-order chi connectivity index (χ1) is 9.20. The van der Waals surface area contributed by atoms with Crippen molar-refractivity contribution in [2.24, 2.45) is 0 Å². The Hall–Kier alpha value is -1.39. The van der Waals surface area contributed by atoms with Crippen LogP contribution in [-0.2, 0) is 19.6 Å². The molecule has 0 atom stereocenters. The molecule has 0 spiro atoms. The van der Waals surface area contributed by atoms with Gasteiger partial charge in [-0.2, -0.15) is 5.10 Å². The average Bonchev–Trinajstić information content (AvgIpc) is 2.82. The summed E-state index contributed by atoms with van der Waals surface area (Å²) >= 11 is 5.74. The highest BCUT2D eigenvalue weighted by atomic mass is 35.5. The van der Waals surface area contributed by atoms with Crippen LogP contribution in [0.15, 0.2) is 30.5 Å². The van der Waals surface area contributed by atoms with Crippen molar-refractivity contribution in [2.75, 3.05) is 0 Å². The highest BCUT2D eigenvalue weighted by molar-refractivity contribution is 6.30. The summed E-state index contributed by atoms with van der Waals surface area (Å²) in [5, 5.41) is 7.73. The molecule has 1 aromatic heterocycles. The minimum Gasteiger partial charge on any atom is -0.307 e. The largest absolute Gasteiger partial charge is 0.307 e. The molecule has 0 saturated heterocycles. The van der Waals surface area contributed by atoms with Gasteiger partial charge in [0.25, 0.3) is 0 Å². The zero-order valence-corrected chi connectivity index (χ0v) is 11.6. The predicted molar refractivity (Wildman–Crippen MR) is 74.5 cm³/mol. The van der Waals surface area contributed by atoms with Crippen molar-refractivity contribution in [3.05, 3.63) is 52.6 Å². The molecule has 0 saturated carbocycles. The van der Waals surface area contributed by atoms with Crippen LogP contribution in [0.25, 0.3) is 0 Å². The van der Waals surface area contributed by atoms with E-state index in [-0.39, 0.29) is 10.8 Å². The molecule has 2 rings (SSSR count). The number of halogens is 2. The minimum absolute atomic E-state index is 0.162. The van der Waals surface area contributed by atoms with Gasteiger partial charge in [-0.15, -0.1) is 0 Å². The second kappa shape index (κ2) is 6.68. The van der Waals surface area contributed by atoms with Gasteiger partial charge >= 0.3 is 0 Å². The second-order valence-electron chi connectivity index (χ2n) is 4.40. The number of hydrogen-bond acceptors (Lipinski definition) is 2. The monoisotopic (exact) mass is 281 g/mol. The van der Waals surface area contributed by atoms with Gasteiger partial charge in [-0.3, -0.25) is 4.68 Å². The van der Waals surface area contributed by atoms with Gasteiger partial charge in [-0.25, -0.2) is 4.39 Å². The molecule has 0 unspecified atom stereocenters. The lowest BCUT2D eigenvalue weighted by molar-refractivity contribution is 0.549. The Morgan fingerprint density at radius 3 is 2.89 bits per heavy atom. The predicted octanol–water partition coefficient (Wildman–Crippen LogP) is 3.38. The fraction of sp³-hybridized carbons (Fsp3) is 0.357. The van der Waals surface area contributed by atoms with E-state index in [9.17, 15) is 4.39 Å². The maximum absolute atomic E-state index is 13.0. The van der Waals surface area contributed by atoms with Crippen molar-refractivity contribution < 1.29 is 4.39 Å². The van der Waals surface area contributed by atoms with E-state index >= 15 is 0 Å². The average molecular weight is 282 g/mol. The Bertz CT molecular complexity index is 539. The molecule has 102 valence electrons. The molecule has 0 amide bonds. The first-order valence-corrected chi connectivity index (χ1v) is 6.74. The van der Waals surface area contributed by atoms with Crippen LogP contribution in [0.5, 0.6) is 0 Å². The van der Waals surface area contributed by atoms with E-state index in [2.05, 4.69) is 17.3 Å². The summed E-state index contributed by atoms with van der Waals surface area (Å²) in [7, 11) is 0. The van der Waals surface area contributed by atoms with Crippen molar-refractivity contribution in [1.82, 2.24) is 15.1 Å². The topological polar surface area (TPSA) is 29.9 Å². The molecule has 0 aliphatic heterocycles. The number of nitrogens with zero attached hydrogens (tertiary/aromatic N) is 2. The maximum atomic E-state index is 13.0. The normalized spacial score (nSPS) is 10.9. The van der Waals surface area contributed by atoms with Crippen LogP contribution in [0, 0.1) is 5.82 Å². The SMILES string of the molecule is CCCn1nccc1CNCc1ccc(F)c(Cl)c1. The molecule has 0 aliphatic carbocycles. The Kier molecular flexibility index (Phi) is 4.93. The molecule has 0 bridgehead atoms. The van der Waals surface area contributed by atoms with Gasteiger partial charge in [-0.1, -0.05) is 24.6 Å². The van der Waals surface area contributed by atoms with E-state index in [1.54, 1.807) is 18.3 Å². The molecule has 5 heteroatoms. The zero-order valence-electron chi connectivity index (χ0n) is 10.9. The quantitative estimate of drug-likeness (QED) is 0.880. The number of hydrogen-bond donors (Lipinski definition) is 1. The molecule has 1 heterocycles. The summed E-state index contributed by atoms with van der Waals surface area (Å²) in [6, 6.07) is 6.77. The lowest BCUT2D eigenvalue weighted by atomic mass is 10.2. The van der Waals surface area contributed by atoms with Crippen molar-refractivity contribution >= 4 is 11.6 Å². The summed E-state index contributed by atoms with van der Waals surface area (Å²) in [6.45, 7) is 4.43. The minimum atomic E-state index is -0.383. The van der Waals surface area contributed by atoms with Gasteiger partial charge in [0.05, 0.1) is 10.7 Å². The number of benzene rings is 1. The molecule has 0 radical (unpaired) electrons. The Labute approximate surface area is 117 Å². The summed E-state index contributed by atoms with van der Waals surface area (Å²) in [4.78, 5) is 0. The van der Waals surface area contributed by atoms with E-state index in [1.807, 2.05) is 10.7 Å².